The first-order valence-corrected chi connectivity index (χ1v) is 10.6. The minimum atomic E-state index is -1.80. The Labute approximate surface area is 197 Å². The SMILES string of the molecule is C/C=C(\N=C(\C#Cc1ccc(Cl)cc1)C(C)CC)[N+](O)(O)Nc1ccc(C(=O)O)cc1OC. The quantitative estimate of drug-likeness (QED) is 0.178. The van der Waals surface area contributed by atoms with E-state index in [1.807, 2.05) is 13.8 Å². The summed E-state index contributed by atoms with van der Waals surface area (Å²) >= 11 is 5.92. The van der Waals surface area contributed by atoms with Gasteiger partial charge in [-0.25, -0.2) is 4.79 Å². The van der Waals surface area contributed by atoms with Crippen molar-refractivity contribution in [3.05, 3.63) is 70.5 Å². The number of hydrogen-bond donors (Lipinski definition) is 4. The molecule has 0 radical (unpaired) electrons. The predicted molar refractivity (Wildman–Crippen MR) is 126 cm³/mol. The fourth-order valence-electron chi connectivity index (χ4n) is 2.70. The second kappa shape index (κ2) is 11.5. The fourth-order valence-corrected chi connectivity index (χ4v) is 2.83. The zero-order valence-corrected chi connectivity index (χ0v) is 19.6. The Morgan fingerprint density at radius 2 is 1.94 bits per heavy atom. The summed E-state index contributed by atoms with van der Waals surface area (Å²) in [4.78, 5) is 13.8. The smallest absolute Gasteiger partial charge is 0.335 e. The van der Waals surface area contributed by atoms with Gasteiger partial charge in [0.2, 0.25) is 0 Å². The van der Waals surface area contributed by atoms with Crippen LogP contribution in [0.2, 0.25) is 5.02 Å². The molecule has 8 nitrogen and oxygen atoms in total. The van der Waals surface area contributed by atoms with Gasteiger partial charge in [-0.2, -0.15) is 10.4 Å². The van der Waals surface area contributed by atoms with Crippen molar-refractivity contribution in [2.75, 3.05) is 12.5 Å². The van der Waals surface area contributed by atoms with Crippen LogP contribution in [0.25, 0.3) is 0 Å². The van der Waals surface area contributed by atoms with E-state index in [1.54, 1.807) is 31.2 Å². The van der Waals surface area contributed by atoms with Crippen molar-refractivity contribution in [3.63, 3.8) is 0 Å². The molecule has 4 N–H and O–H groups in total. The first-order valence-electron chi connectivity index (χ1n) is 10.2. The van der Waals surface area contributed by atoms with Gasteiger partial charge in [-0.15, -0.1) is 10.4 Å². The highest BCUT2D eigenvalue weighted by Crippen LogP contribution is 2.28. The average molecular weight is 473 g/mol. The second-order valence-electron chi connectivity index (χ2n) is 7.14. The van der Waals surface area contributed by atoms with Gasteiger partial charge in [0.15, 0.2) is 0 Å². The Bertz CT molecular complexity index is 1120. The topological polar surface area (TPSA) is 111 Å². The summed E-state index contributed by atoms with van der Waals surface area (Å²) in [6, 6.07) is 11.0. The number of quaternary nitrogens is 1. The van der Waals surface area contributed by atoms with E-state index in [0.717, 1.165) is 12.0 Å². The lowest BCUT2D eigenvalue weighted by Gasteiger charge is -2.22. The van der Waals surface area contributed by atoms with Crippen LogP contribution >= 0.6 is 11.6 Å². The maximum Gasteiger partial charge on any atom is 0.335 e. The number of carbonyl (C=O) groups is 1. The van der Waals surface area contributed by atoms with Gasteiger partial charge in [-0.1, -0.05) is 31.4 Å². The van der Waals surface area contributed by atoms with Crippen LogP contribution in [0.3, 0.4) is 0 Å². The van der Waals surface area contributed by atoms with Crippen molar-refractivity contribution < 1.29 is 30.0 Å². The minimum absolute atomic E-state index is 0.00723. The van der Waals surface area contributed by atoms with Crippen LogP contribution in [0.5, 0.6) is 5.75 Å². The molecule has 0 fully saturated rings. The number of hydroxylamine groups is 2. The highest BCUT2D eigenvalue weighted by Gasteiger charge is 2.32. The van der Waals surface area contributed by atoms with Gasteiger partial charge in [0.05, 0.1) is 23.3 Å². The zero-order valence-electron chi connectivity index (χ0n) is 18.8. The number of anilines is 1. The van der Waals surface area contributed by atoms with E-state index in [-0.39, 0.29) is 28.7 Å². The number of methoxy groups -OCH3 is 1. The largest absolute Gasteiger partial charge is 0.494 e. The molecule has 1 unspecified atom stereocenters. The molecule has 0 aliphatic carbocycles. The number of aliphatic imine (C=N–C) groups is 1. The van der Waals surface area contributed by atoms with Crippen LogP contribution in [0.15, 0.2) is 59.4 Å². The summed E-state index contributed by atoms with van der Waals surface area (Å²) < 4.78 is 5.18. The van der Waals surface area contributed by atoms with E-state index in [1.165, 1.54) is 31.4 Å². The van der Waals surface area contributed by atoms with Crippen LogP contribution in [0, 0.1) is 17.8 Å². The summed E-state index contributed by atoms with van der Waals surface area (Å²) in [5, 5.41) is 31.2. The number of aromatic carboxylic acids is 1. The van der Waals surface area contributed by atoms with E-state index in [2.05, 4.69) is 22.3 Å². The summed E-state index contributed by atoms with van der Waals surface area (Å²) in [5.74, 6) is 4.83. The highest BCUT2D eigenvalue weighted by atomic mass is 35.5. The van der Waals surface area contributed by atoms with Crippen LogP contribution in [-0.4, -0.2) is 39.2 Å². The molecule has 2 rings (SSSR count). The fraction of sp³-hybridized carbons (Fsp3) is 0.250. The predicted octanol–water partition coefficient (Wildman–Crippen LogP) is 5.37. The van der Waals surface area contributed by atoms with E-state index in [9.17, 15) is 15.2 Å². The number of halogens is 1. The van der Waals surface area contributed by atoms with Crippen LogP contribution in [0.1, 0.15) is 43.1 Å². The molecular formula is C24H27ClN3O5+. The molecule has 0 heterocycles. The third kappa shape index (κ3) is 7.07. The maximum atomic E-state index is 11.2. The Kier molecular flexibility index (Phi) is 9.02. The Balaban J connectivity index is 2.40. The number of hydrogen-bond acceptors (Lipinski definition) is 6. The monoisotopic (exact) mass is 472 g/mol. The molecule has 0 amide bonds. The molecule has 2 aromatic rings. The third-order valence-corrected chi connectivity index (χ3v) is 5.05. The number of carboxylic acid groups (broad SMARTS) is 1. The first-order chi connectivity index (χ1) is 15.6. The molecule has 0 spiro atoms. The maximum absolute atomic E-state index is 11.2. The van der Waals surface area contributed by atoms with Gasteiger partial charge < -0.3 is 9.84 Å². The van der Waals surface area contributed by atoms with Crippen molar-refractivity contribution in [1.82, 2.24) is 0 Å². The van der Waals surface area contributed by atoms with Crippen molar-refractivity contribution >= 4 is 29.0 Å². The Hall–Kier alpha value is -3.35. The van der Waals surface area contributed by atoms with Crippen molar-refractivity contribution in [2.24, 2.45) is 10.9 Å². The second-order valence-corrected chi connectivity index (χ2v) is 7.58. The van der Waals surface area contributed by atoms with Gasteiger partial charge in [-0.3, -0.25) is 0 Å². The number of nitrogens with zero attached hydrogens (tertiary/aromatic N) is 2. The number of ether oxygens (including phenoxy) is 1. The Morgan fingerprint density at radius 1 is 1.27 bits per heavy atom. The molecule has 0 aromatic heterocycles. The van der Waals surface area contributed by atoms with Gasteiger partial charge >= 0.3 is 11.8 Å². The lowest BCUT2D eigenvalue weighted by Crippen LogP contribution is -2.45. The van der Waals surface area contributed by atoms with Crippen molar-refractivity contribution in [2.45, 2.75) is 27.2 Å². The average Bonchev–Trinajstić information content (AvgIpc) is 2.79. The normalized spacial score (nSPS) is 13.1. The minimum Gasteiger partial charge on any atom is -0.494 e. The van der Waals surface area contributed by atoms with Crippen LogP contribution in [0.4, 0.5) is 5.69 Å². The molecule has 0 bridgehead atoms. The third-order valence-electron chi connectivity index (χ3n) is 4.80. The van der Waals surface area contributed by atoms with Crippen LogP contribution in [-0.2, 0) is 0 Å². The van der Waals surface area contributed by atoms with E-state index < -0.39 is 10.9 Å². The molecule has 2 aromatic carbocycles. The highest BCUT2D eigenvalue weighted by molar-refractivity contribution is 6.30. The van der Waals surface area contributed by atoms with Gasteiger partial charge in [0, 0.05) is 22.6 Å². The molecule has 0 aliphatic rings. The summed E-state index contributed by atoms with van der Waals surface area (Å²) in [6.45, 7) is 5.52. The molecule has 0 aliphatic heterocycles. The molecule has 1 atom stereocenters. The first kappa shape index (κ1) is 25.9. The standard InChI is InChI=1S/C24H26ClN3O5/c1-5-16(3)20(13-9-17-7-11-19(25)12-8-17)26-23(6-2)28(31,32)27-21-14-10-18(24(29)30)15-22(21)33-4/h6-8,10-12,14-16,27,31-32H,5H2,1-4H3/p+1/b23-6+,26-20-. The number of benzene rings is 2. The van der Waals surface area contributed by atoms with Gasteiger partial charge in [-0.05, 0) is 61.7 Å². The number of allylic oxidation sites excluding steroid dienone is 1. The summed E-state index contributed by atoms with van der Waals surface area (Å²) in [7, 11) is 1.34. The van der Waals surface area contributed by atoms with Crippen LogP contribution < -0.4 is 10.2 Å². The summed E-state index contributed by atoms with van der Waals surface area (Å²) in [6.07, 6.45) is 2.16. The number of nitrogens with one attached hydrogen (secondary N) is 1. The lowest BCUT2D eigenvalue weighted by molar-refractivity contribution is -1.20. The number of rotatable bonds is 8. The zero-order chi connectivity index (χ0) is 24.6. The molecule has 33 heavy (non-hydrogen) atoms. The Morgan fingerprint density at radius 3 is 2.48 bits per heavy atom. The molecular weight excluding hydrogens is 446 g/mol. The van der Waals surface area contributed by atoms with E-state index in [0.29, 0.717) is 10.7 Å². The molecule has 0 saturated heterocycles. The van der Waals surface area contributed by atoms with Crippen molar-refractivity contribution in [3.8, 4) is 17.6 Å². The van der Waals surface area contributed by atoms with E-state index >= 15 is 0 Å². The lowest BCUT2D eigenvalue weighted by atomic mass is 10.0. The molecule has 9 heteroatoms. The molecule has 174 valence electrons. The van der Waals surface area contributed by atoms with Gasteiger partial charge in [0.1, 0.15) is 11.4 Å². The molecule has 0 saturated carbocycles. The number of carboxylic acids is 1. The van der Waals surface area contributed by atoms with Gasteiger partial charge in [0.25, 0.3) is 0 Å². The van der Waals surface area contributed by atoms with E-state index in [4.69, 9.17) is 21.4 Å². The van der Waals surface area contributed by atoms with Crippen molar-refractivity contribution in [1.29, 1.82) is 0 Å². The summed E-state index contributed by atoms with van der Waals surface area (Å²) in [5.41, 5.74) is 3.84.